The molecule has 0 spiro atoms. The molecule has 0 bridgehead atoms. The largest absolute Gasteiger partial charge is 0.493 e. The van der Waals surface area contributed by atoms with Gasteiger partial charge in [0.15, 0.2) is 11.5 Å². The summed E-state index contributed by atoms with van der Waals surface area (Å²) in [5, 5.41) is 8.85. The number of rotatable bonds is 4. The summed E-state index contributed by atoms with van der Waals surface area (Å²) in [5.74, 6) is -1.80. The van der Waals surface area contributed by atoms with Crippen LogP contribution in [0.2, 0.25) is 0 Å². The van der Waals surface area contributed by atoms with E-state index in [9.17, 15) is 17.1 Å². The van der Waals surface area contributed by atoms with E-state index in [4.69, 9.17) is 14.6 Å². The van der Waals surface area contributed by atoms with Crippen molar-refractivity contribution in [3.8, 4) is 11.5 Å². The molecule has 1 aromatic rings. The molecular formula is C9H9FO6S. The second-order valence-corrected chi connectivity index (χ2v) is 4.30. The van der Waals surface area contributed by atoms with Crippen LogP contribution in [0.15, 0.2) is 17.0 Å². The molecule has 1 aromatic carbocycles. The summed E-state index contributed by atoms with van der Waals surface area (Å²) in [4.78, 5) is 10.1. The van der Waals surface area contributed by atoms with Crippen molar-refractivity contribution in [2.24, 2.45) is 0 Å². The van der Waals surface area contributed by atoms with Crippen molar-refractivity contribution in [1.82, 2.24) is 0 Å². The van der Waals surface area contributed by atoms with Crippen LogP contribution in [-0.4, -0.2) is 33.7 Å². The van der Waals surface area contributed by atoms with E-state index in [1.54, 1.807) is 0 Å². The maximum atomic E-state index is 12.8. The minimum Gasteiger partial charge on any atom is -0.493 e. The van der Waals surface area contributed by atoms with Gasteiger partial charge in [0.2, 0.25) is 0 Å². The van der Waals surface area contributed by atoms with Gasteiger partial charge in [-0.2, -0.15) is 8.42 Å². The zero-order chi connectivity index (χ0) is 13.2. The van der Waals surface area contributed by atoms with Crippen molar-refractivity contribution in [3.63, 3.8) is 0 Å². The molecule has 0 radical (unpaired) electrons. The Bertz CT molecular complexity index is 551. The number of hydrogen-bond donors (Lipinski definition) is 1. The van der Waals surface area contributed by atoms with Crippen molar-refractivity contribution in [2.45, 2.75) is 4.90 Å². The standard InChI is InChI=1S/C9H9FO6S/c1-15-7-4-5(17(10,13)14)3-6(9(11)12)8(7)16-2/h3-4H,1-2H3,(H,11,12). The van der Waals surface area contributed by atoms with E-state index in [0.717, 1.165) is 6.07 Å². The van der Waals surface area contributed by atoms with E-state index in [2.05, 4.69) is 0 Å². The van der Waals surface area contributed by atoms with Crippen LogP contribution < -0.4 is 9.47 Å². The van der Waals surface area contributed by atoms with Gasteiger partial charge in [0.1, 0.15) is 10.5 Å². The number of hydrogen-bond acceptors (Lipinski definition) is 5. The van der Waals surface area contributed by atoms with Gasteiger partial charge in [-0.05, 0) is 6.07 Å². The zero-order valence-electron chi connectivity index (χ0n) is 8.93. The van der Waals surface area contributed by atoms with Gasteiger partial charge in [0, 0.05) is 6.07 Å². The number of aromatic carboxylic acids is 1. The monoisotopic (exact) mass is 264 g/mol. The summed E-state index contributed by atoms with van der Waals surface area (Å²) in [6, 6.07) is 1.51. The number of ether oxygens (including phenoxy) is 2. The molecule has 0 unspecified atom stereocenters. The molecule has 1 rings (SSSR count). The van der Waals surface area contributed by atoms with Gasteiger partial charge in [-0.15, -0.1) is 3.89 Å². The van der Waals surface area contributed by atoms with Crippen molar-refractivity contribution < 1.29 is 31.7 Å². The predicted molar refractivity (Wildman–Crippen MR) is 54.8 cm³/mol. The lowest BCUT2D eigenvalue weighted by Gasteiger charge is -2.11. The Morgan fingerprint density at radius 3 is 2.24 bits per heavy atom. The molecule has 0 aliphatic heterocycles. The zero-order valence-corrected chi connectivity index (χ0v) is 9.75. The Morgan fingerprint density at radius 1 is 1.29 bits per heavy atom. The van der Waals surface area contributed by atoms with Crippen LogP contribution in [0, 0.1) is 0 Å². The Labute approximate surface area is 96.8 Å². The van der Waals surface area contributed by atoms with Gasteiger partial charge < -0.3 is 14.6 Å². The van der Waals surface area contributed by atoms with Crippen LogP contribution in [0.4, 0.5) is 3.89 Å². The van der Waals surface area contributed by atoms with E-state index >= 15 is 0 Å². The molecule has 8 heteroatoms. The summed E-state index contributed by atoms with van der Waals surface area (Å²) >= 11 is 0. The van der Waals surface area contributed by atoms with Gasteiger partial charge in [0.25, 0.3) is 0 Å². The number of carboxylic acids is 1. The van der Waals surface area contributed by atoms with Crippen molar-refractivity contribution >= 4 is 16.2 Å². The van der Waals surface area contributed by atoms with E-state index in [1.807, 2.05) is 0 Å². The third-order valence-electron chi connectivity index (χ3n) is 1.96. The van der Waals surface area contributed by atoms with Crippen LogP contribution in [0.3, 0.4) is 0 Å². The normalized spacial score (nSPS) is 11.0. The Balaban J connectivity index is 3.63. The predicted octanol–water partition coefficient (Wildman–Crippen LogP) is 1.06. The maximum Gasteiger partial charge on any atom is 0.339 e. The van der Waals surface area contributed by atoms with E-state index in [-0.39, 0.29) is 11.5 Å². The third-order valence-corrected chi connectivity index (χ3v) is 2.76. The number of benzene rings is 1. The van der Waals surface area contributed by atoms with Crippen LogP contribution in [-0.2, 0) is 10.2 Å². The lowest BCUT2D eigenvalue weighted by atomic mass is 10.2. The molecule has 0 atom stereocenters. The SMILES string of the molecule is COc1cc(S(=O)(=O)F)cc(C(=O)O)c1OC. The van der Waals surface area contributed by atoms with Gasteiger partial charge in [-0.3, -0.25) is 0 Å². The molecule has 0 heterocycles. The first-order valence-electron chi connectivity index (χ1n) is 4.25. The average molecular weight is 264 g/mol. The minimum absolute atomic E-state index is 0.174. The second-order valence-electron chi connectivity index (χ2n) is 2.95. The van der Waals surface area contributed by atoms with Crippen molar-refractivity contribution in [1.29, 1.82) is 0 Å². The van der Waals surface area contributed by atoms with E-state index in [0.29, 0.717) is 6.07 Å². The molecule has 0 saturated carbocycles. The maximum absolute atomic E-state index is 12.8. The van der Waals surface area contributed by atoms with Crippen LogP contribution in [0.25, 0.3) is 0 Å². The first-order chi connectivity index (χ1) is 7.81. The minimum atomic E-state index is -5.02. The van der Waals surface area contributed by atoms with Crippen molar-refractivity contribution in [2.75, 3.05) is 14.2 Å². The topological polar surface area (TPSA) is 89.9 Å². The molecule has 0 aliphatic rings. The molecule has 0 saturated heterocycles. The highest BCUT2D eigenvalue weighted by molar-refractivity contribution is 7.86. The fraction of sp³-hybridized carbons (Fsp3) is 0.222. The van der Waals surface area contributed by atoms with Crippen molar-refractivity contribution in [3.05, 3.63) is 17.7 Å². The summed E-state index contributed by atoms with van der Waals surface area (Å²) < 4.78 is 43.8. The van der Waals surface area contributed by atoms with Gasteiger partial charge in [-0.1, -0.05) is 0 Å². The number of halogens is 1. The van der Waals surface area contributed by atoms with Gasteiger partial charge in [0.05, 0.1) is 14.2 Å². The summed E-state index contributed by atoms with van der Waals surface area (Å²) in [7, 11) is -2.65. The quantitative estimate of drug-likeness (QED) is 0.818. The number of methoxy groups -OCH3 is 2. The average Bonchev–Trinajstić information content (AvgIpc) is 2.25. The third kappa shape index (κ3) is 2.64. The molecule has 0 aliphatic carbocycles. The highest BCUT2D eigenvalue weighted by Crippen LogP contribution is 2.34. The molecule has 0 fully saturated rings. The molecule has 0 aromatic heterocycles. The summed E-state index contributed by atoms with van der Waals surface area (Å²) in [6.45, 7) is 0. The molecule has 6 nitrogen and oxygen atoms in total. The number of carboxylic acid groups (broad SMARTS) is 1. The Hall–Kier alpha value is -1.83. The van der Waals surface area contributed by atoms with E-state index in [1.165, 1.54) is 14.2 Å². The first kappa shape index (κ1) is 13.2. The summed E-state index contributed by atoms with van der Waals surface area (Å²) in [5.41, 5.74) is -0.497. The van der Waals surface area contributed by atoms with Crippen LogP contribution >= 0.6 is 0 Å². The molecule has 0 amide bonds. The van der Waals surface area contributed by atoms with Crippen LogP contribution in [0.1, 0.15) is 10.4 Å². The molecule has 17 heavy (non-hydrogen) atoms. The lowest BCUT2D eigenvalue weighted by Crippen LogP contribution is -2.05. The fourth-order valence-corrected chi connectivity index (χ4v) is 1.75. The molecule has 94 valence electrons. The number of carbonyl (C=O) groups is 1. The Kier molecular flexibility index (Phi) is 3.56. The smallest absolute Gasteiger partial charge is 0.339 e. The Morgan fingerprint density at radius 2 is 1.88 bits per heavy atom. The highest BCUT2D eigenvalue weighted by atomic mass is 32.3. The highest BCUT2D eigenvalue weighted by Gasteiger charge is 2.23. The second kappa shape index (κ2) is 4.58. The molecular weight excluding hydrogens is 255 g/mol. The van der Waals surface area contributed by atoms with Gasteiger partial charge in [-0.25, -0.2) is 4.79 Å². The van der Waals surface area contributed by atoms with Gasteiger partial charge >= 0.3 is 16.2 Å². The fourth-order valence-electron chi connectivity index (χ4n) is 1.24. The first-order valence-corrected chi connectivity index (χ1v) is 5.63. The summed E-state index contributed by atoms with van der Waals surface area (Å²) in [6.07, 6.45) is 0. The van der Waals surface area contributed by atoms with Crippen LogP contribution in [0.5, 0.6) is 11.5 Å². The lowest BCUT2D eigenvalue weighted by molar-refractivity contribution is 0.0692. The van der Waals surface area contributed by atoms with E-state index < -0.39 is 26.7 Å². The molecule has 1 N–H and O–H groups in total.